The first-order valence-electron chi connectivity index (χ1n) is 6.09. The summed E-state index contributed by atoms with van der Waals surface area (Å²) in [5.74, 6) is 0.682. The van der Waals surface area contributed by atoms with Gasteiger partial charge < -0.3 is 9.72 Å². The maximum atomic E-state index is 12.1. The molecule has 1 N–H and O–H groups in total. The molecule has 0 fully saturated rings. The van der Waals surface area contributed by atoms with Crippen LogP contribution in [0.2, 0.25) is 0 Å². The topological polar surface area (TPSA) is 47.0 Å². The first-order chi connectivity index (χ1) is 9.29. The standard InChI is InChI=1S/C15H14N2O2/c1-19-13-9-5-8-12-14(13)16-15(18)17(12)10-11-6-3-2-4-7-11/h2-9H,10H2,1H3,(H,16,18). The molecule has 3 aromatic rings. The minimum absolute atomic E-state index is 0.122. The summed E-state index contributed by atoms with van der Waals surface area (Å²) < 4.78 is 6.98. The molecule has 1 aromatic heterocycles. The van der Waals surface area contributed by atoms with Crippen LogP contribution in [0.1, 0.15) is 5.56 Å². The average molecular weight is 254 g/mol. The zero-order valence-electron chi connectivity index (χ0n) is 10.6. The highest BCUT2D eigenvalue weighted by Crippen LogP contribution is 2.22. The number of methoxy groups -OCH3 is 1. The van der Waals surface area contributed by atoms with Gasteiger partial charge in [-0.25, -0.2) is 4.79 Å². The summed E-state index contributed by atoms with van der Waals surface area (Å²) in [6.45, 7) is 0.548. The van der Waals surface area contributed by atoms with Crippen molar-refractivity contribution in [3.63, 3.8) is 0 Å². The molecule has 4 nitrogen and oxygen atoms in total. The molecule has 4 heteroatoms. The molecule has 0 aliphatic rings. The smallest absolute Gasteiger partial charge is 0.326 e. The van der Waals surface area contributed by atoms with E-state index in [4.69, 9.17) is 4.74 Å². The molecule has 19 heavy (non-hydrogen) atoms. The van der Waals surface area contributed by atoms with Crippen molar-refractivity contribution in [1.82, 2.24) is 9.55 Å². The number of benzene rings is 2. The molecule has 0 aliphatic heterocycles. The third-order valence-electron chi connectivity index (χ3n) is 3.18. The number of rotatable bonds is 3. The first-order valence-corrected chi connectivity index (χ1v) is 6.09. The molecule has 0 atom stereocenters. The number of hydrogen-bond acceptors (Lipinski definition) is 2. The number of aromatic nitrogens is 2. The van der Waals surface area contributed by atoms with E-state index >= 15 is 0 Å². The fourth-order valence-corrected chi connectivity index (χ4v) is 2.25. The van der Waals surface area contributed by atoms with E-state index in [-0.39, 0.29) is 5.69 Å². The van der Waals surface area contributed by atoms with Gasteiger partial charge in [-0.3, -0.25) is 4.57 Å². The molecule has 0 amide bonds. The molecule has 2 aromatic carbocycles. The number of nitrogens with zero attached hydrogens (tertiary/aromatic N) is 1. The maximum Gasteiger partial charge on any atom is 0.326 e. The van der Waals surface area contributed by atoms with Gasteiger partial charge in [0, 0.05) is 0 Å². The van der Waals surface area contributed by atoms with Crippen molar-refractivity contribution < 1.29 is 4.74 Å². The molecule has 0 unspecified atom stereocenters. The predicted octanol–water partition coefficient (Wildman–Crippen LogP) is 2.39. The molecule has 0 bridgehead atoms. The van der Waals surface area contributed by atoms with Gasteiger partial charge >= 0.3 is 5.69 Å². The Balaban J connectivity index is 2.14. The number of nitrogens with one attached hydrogen (secondary N) is 1. The lowest BCUT2D eigenvalue weighted by molar-refractivity contribution is 0.419. The number of imidazole rings is 1. The fourth-order valence-electron chi connectivity index (χ4n) is 2.25. The molecule has 0 saturated heterocycles. The van der Waals surface area contributed by atoms with Gasteiger partial charge in [-0.05, 0) is 17.7 Å². The second-order valence-electron chi connectivity index (χ2n) is 4.36. The van der Waals surface area contributed by atoms with Gasteiger partial charge in [0.05, 0.1) is 19.2 Å². The van der Waals surface area contributed by atoms with Crippen LogP contribution in [-0.2, 0) is 6.54 Å². The van der Waals surface area contributed by atoms with Crippen molar-refractivity contribution in [1.29, 1.82) is 0 Å². The Kier molecular flexibility index (Phi) is 2.83. The second-order valence-corrected chi connectivity index (χ2v) is 4.36. The Morgan fingerprint density at radius 1 is 1.11 bits per heavy atom. The zero-order chi connectivity index (χ0) is 13.2. The maximum absolute atomic E-state index is 12.1. The first kappa shape index (κ1) is 11.6. The van der Waals surface area contributed by atoms with E-state index < -0.39 is 0 Å². The van der Waals surface area contributed by atoms with Crippen molar-refractivity contribution in [2.75, 3.05) is 7.11 Å². The van der Waals surface area contributed by atoms with Crippen LogP contribution in [0, 0.1) is 0 Å². The molecular weight excluding hydrogens is 240 g/mol. The van der Waals surface area contributed by atoms with Crippen molar-refractivity contribution in [3.05, 3.63) is 64.6 Å². The summed E-state index contributed by atoms with van der Waals surface area (Å²) in [5, 5.41) is 0. The number of ether oxygens (including phenoxy) is 1. The summed E-state index contributed by atoms with van der Waals surface area (Å²) in [6.07, 6.45) is 0. The number of fused-ring (bicyclic) bond motifs is 1. The van der Waals surface area contributed by atoms with Crippen LogP contribution in [0.4, 0.5) is 0 Å². The van der Waals surface area contributed by atoms with E-state index in [1.807, 2.05) is 48.5 Å². The van der Waals surface area contributed by atoms with Crippen LogP contribution in [0.15, 0.2) is 53.3 Å². The summed E-state index contributed by atoms with van der Waals surface area (Å²) in [6, 6.07) is 15.5. The lowest BCUT2D eigenvalue weighted by atomic mass is 10.2. The van der Waals surface area contributed by atoms with E-state index in [9.17, 15) is 4.79 Å². The van der Waals surface area contributed by atoms with Crippen LogP contribution in [0.5, 0.6) is 5.75 Å². The molecule has 3 rings (SSSR count). The summed E-state index contributed by atoms with van der Waals surface area (Å²) in [5.41, 5.74) is 2.57. The van der Waals surface area contributed by atoms with Gasteiger partial charge in [-0.2, -0.15) is 0 Å². The van der Waals surface area contributed by atoms with Gasteiger partial charge in [-0.15, -0.1) is 0 Å². The molecule has 0 saturated carbocycles. The van der Waals surface area contributed by atoms with Crippen molar-refractivity contribution >= 4 is 11.0 Å². The highest BCUT2D eigenvalue weighted by Gasteiger charge is 2.10. The fraction of sp³-hybridized carbons (Fsp3) is 0.133. The number of H-pyrrole nitrogens is 1. The summed E-state index contributed by atoms with van der Waals surface area (Å²) in [7, 11) is 1.60. The van der Waals surface area contributed by atoms with Gasteiger partial charge in [0.1, 0.15) is 11.3 Å². The van der Waals surface area contributed by atoms with E-state index in [1.54, 1.807) is 11.7 Å². The van der Waals surface area contributed by atoms with Gasteiger partial charge in [0.25, 0.3) is 0 Å². The Morgan fingerprint density at radius 2 is 1.89 bits per heavy atom. The second kappa shape index (κ2) is 4.65. The lowest BCUT2D eigenvalue weighted by Crippen LogP contribution is -2.17. The summed E-state index contributed by atoms with van der Waals surface area (Å²) >= 11 is 0. The average Bonchev–Trinajstić information content (AvgIpc) is 2.76. The van der Waals surface area contributed by atoms with Crippen LogP contribution >= 0.6 is 0 Å². The Labute approximate surface area is 110 Å². The normalized spacial score (nSPS) is 10.8. The number of aromatic amines is 1. The highest BCUT2D eigenvalue weighted by atomic mass is 16.5. The van der Waals surface area contributed by atoms with Gasteiger partial charge in [-0.1, -0.05) is 36.4 Å². The molecule has 0 spiro atoms. The molecule has 96 valence electrons. The molecule has 0 aliphatic carbocycles. The zero-order valence-corrected chi connectivity index (χ0v) is 10.6. The van der Waals surface area contributed by atoms with E-state index in [0.29, 0.717) is 12.3 Å². The summed E-state index contributed by atoms with van der Waals surface area (Å²) in [4.78, 5) is 14.9. The monoisotopic (exact) mass is 254 g/mol. The number of hydrogen-bond donors (Lipinski definition) is 1. The van der Waals surface area contributed by atoms with Crippen molar-refractivity contribution in [2.45, 2.75) is 6.54 Å². The minimum Gasteiger partial charge on any atom is -0.494 e. The lowest BCUT2D eigenvalue weighted by Gasteiger charge is -2.04. The van der Waals surface area contributed by atoms with Crippen LogP contribution < -0.4 is 10.4 Å². The largest absolute Gasteiger partial charge is 0.494 e. The minimum atomic E-state index is -0.122. The quantitative estimate of drug-likeness (QED) is 0.780. The Bertz CT molecular complexity index is 757. The molecular formula is C15H14N2O2. The van der Waals surface area contributed by atoms with E-state index in [1.165, 1.54) is 0 Å². The third kappa shape index (κ3) is 2.01. The highest BCUT2D eigenvalue weighted by molar-refractivity contribution is 5.81. The van der Waals surface area contributed by atoms with Gasteiger partial charge in [0.15, 0.2) is 0 Å². The molecule has 1 heterocycles. The van der Waals surface area contributed by atoms with Crippen LogP contribution in [-0.4, -0.2) is 16.7 Å². The van der Waals surface area contributed by atoms with Crippen molar-refractivity contribution in [3.8, 4) is 5.75 Å². The van der Waals surface area contributed by atoms with E-state index in [2.05, 4.69) is 4.98 Å². The SMILES string of the molecule is COc1cccc2c1[nH]c(=O)n2Cc1ccccc1. The molecule has 0 radical (unpaired) electrons. The van der Waals surface area contributed by atoms with Gasteiger partial charge in [0.2, 0.25) is 0 Å². The Hall–Kier alpha value is -2.49. The predicted molar refractivity (Wildman–Crippen MR) is 74.7 cm³/mol. The van der Waals surface area contributed by atoms with E-state index in [0.717, 1.165) is 16.6 Å². The van der Waals surface area contributed by atoms with Crippen LogP contribution in [0.25, 0.3) is 11.0 Å². The third-order valence-corrected chi connectivity index (χ3v) is 3.18. The Morgan fingerprint density at radius 3 is 2.63 bits per heavy atom. The van der Waals surface area contributed by atoms with Crippen LogP contribution in [0.3, 0.4) is 0 Å². The van der Waals surface area contributed by atoms with Crippen molar-refractivity contribution in [2.24, 2.45) is 0 Å². The number of para-hydroxylation sites is 1.